The number of carbonyl (C=O) groups excluding carboxylic acids is 1. The average Bonchev–Trinajstić information content (AvgIpc) is 3.14. The summed E-state index contributed by atoms with van der Waals surface area (Å²) in [6, 6.07) is 13.7. The molecule has 0 radical (unpaired) electrons. The van der Waals surface area contributed by atoms with Gasteiger partial charge < -0.3 is 14.6 Å². The average molecular weight is 429 g/mol. The Morgan fingerprint density at radius 3 is 2.47 bits per heavy atom. The zero-order chi connectivity index (χ0) is 21.5. The molecular weight excluding hydrogens is 403 g/mol. The number of nitrogens with one attached hydrogen (secondary N) is 1. The molecule has 0 unspecified atom stereocenters. The summed E-state index contributed by atoms with van der Waals surface area (Å²) in [5.41, 5.74) is 1.81. The molecule has 6 nitrogen and oxygen atoms in total. The molecule has 0 fully saturated rings. The number of amides is 1. The lowest BCUT2D eigenvalue weighted by Crippen LogP contribution is -2.15. The van der Waals surface area contributed by atoms with E-state index in [0.717, 1.165) is 5.75 Å². The monoisotopic (exact) mass is 428 g/mol. The number of hydrogen-bond donors (Lipinski definition) is 1. The Bertz CT molecular complexity index is 972. The summed E-state index contributed by atoms with van der Waals surface area (Å²) in [6.45, 7) is 7.26. The third-order valence-corrected chi connectivity index (χ3v) is 5.45. The maximum atomic E-state index is 13.0. The molecule has 0 saturated heterocycles. The first-order chi connectivity index (χ1) is 14.5. The van der Waals surface area contributed by atoms with Crippen molar-refractivity contribution < 1.29 is 13.9 Å². The number of ether oxygens (including phenoxy) is 1. The molecule has 0 saturated carbocycles. The van der Waals surface area contributed by atoms with Gasteiger partial charge in [0.15, 0.2) is 11.0 Å². The highest BCUT2D eigenvalue weighted by Crippen LogP contribution is 2.21. The van der Waals surface area contributed by atoms with Crippen LogP contribution in [0, 0.1) is 5.82 Å². The van der Waals surface area contributed by atoms with Crippen LogP contribution in [0.25, 0.3) is 0 Å². The Morgan fingerprint density at radius 2 is 1.83 bits per heavy atom. The van der Waals surface area contributed by atoms with Gasteiger partial charge in [0.2, 0.25) is 5.91 Å². The Labute approximate surface area is 179 Å². The molecule has 0 aliphatic carbocycles. The number of halogens is 1. The Morgan fingerprint density at radius 1 is 1.13 bits per heavy atom. The fraction of sp³-hybridized carbons (Fsp3) is 0.318. The van der Waals surface area contributed by atoms with Gasteiger partial charge in [-0.3, -0.25) is 4.79 Å². The third kappa shape index (κ3) is 5.82. The standard InChI is InChI=1S/C22H25FN4O2S/c1-4-27-20(13-29-19-11-5-16(6-12-19)15(2)3)25-26-22(27)30-14-21(28)24-18-9-7-17(23)8-10-18/h5-12,15H,4,13-14H2,1-3H3,(H,24,28). The SMILES string of the molecule is CCn1c(COc2ccc(C(C)C)cc2)nnc1SCC(=O)Nc1ccc(F)cc1. The van der Waals surface area contributed by atoms with Gasteiger partial charge in [-0.2, -0.15) is 0 Å². The second-order valence-electron chi connectivity index (χ2n) is 7.00. The lowest BCUT2D eigenvalue weighted by molar-refractivity contribution is -0.113. The second-order valence-corrected chi connectivity index (χ2v) is 7.94. The predicted octanol–water partition coefficient (Wildman–Crippen LogP) is 4.87. The normalized spacial score (nSPS) is 11.0. The minimum Gasteiger partial charge on any atom is -0.486 e. The smallest absolute Gasteiger partial charge is 0.234 e. The second kappa shape index (κ2) is 10.2. The van der Waals surface area contributed by atoms with Crippen LogP contribution in [-0.2, 0) is 17.9 Å². The Kier molecular flexibility index (Phi) is 7.46. The first-order valence-corrected chi connectivity index (χ1v) is 10.8. The van der Waals surface area contributed by atoms with Crippen molar-refractivity contribution in [3.63, 3.8) is 0 Å². The molecule has 1 amide bonds. The van der Waals surface area contributed by atoms with Crippen LogP contribution in [0.1, 0.15) is 38.1 Å². The summed E-state index contributed by atoms with van der Waals surface area (Å²) in [4.78, 5) is 12.2. The van der Waals surface area contributed by atoms with Crippen molar-refractivity contribution >= 4 is 23.4 Å². The first-order valence-electron chi connectivity index (χ1n) is 9.79. The van der Waals surface area contributed by atoms with E-state index in [1.54, 1.807) is 0 Å². The highest BCUT2D eigenvalue weighted by Gasteiger charge is 2.14. The fourth-order valence-corrected chi connectivity index (χ4v) is 3.63. The molecule has 1 N–H and O–H groups in total. The minimum absolute atomic E-state index is 0.174. The molecule has 1 aromatic heterocycles. The number of nitrogens with zero attached hydrogens (tertiary/aromatic N) is 3. The number of rotatable bonds is 9. The van der Waals surface area contributed by atoms with Gasteiger partial charge in [0.05, 0.1) is 5.75 Å². The lowest BCUT2D eigenvalue weighted by Gasteiger charge is -2.10. The van der Waals surface area contributed by atoms with Gasteiger partial charge in [0, 0.05) is 12.2 Å². The molecule has 3 aromatic rings. The van der Waals surface area contributed by atoms with E-state index < -0.39 is 0 Å². The molecule has 0 aliphatic heterocycles. The largest absolute Gasteiger partial charge is 0.486 e. The molecule has 30 heavy (non-hydrogen) atoms. The van der Waals surface area contributed by atoms with Crippen molar-refractivity contribution in [1.29, 1.82) is 0 Å². The number of aromatic nitrogens is 3. The molecule has 0 atom stereocenters. The van der Waals surface area contributed by atoms with Crippen LogP contribution in [0.2, 0.25) is 0 Å². The van der Waals surface area contributed by atoms with Crippen LogP contribution in [-0.4, -0.2) is 26.4 Å². The molecule has 2 aromatic carbocycles. The lowest BCUT2D eigenvalue weighted by atomic mass is 10.0. The van der Waals surface area contributed by atoms with E-state index in [4.69, 9.17) is 4.74 Å². The third-order valence-electron chi connectivity index (χ3n) is 4.48. The summed E-state index contributed by atoms with van der Waals surface area (Å²) < 4.78 is 20.7. The summed E-state index contributed by atoms with van der Waals surface area (Å²) in [5, 5.41) is 11.8. The fourth-order valence-electron chi connectivity index (χ4n) is 2.81. The van der Waals surface area contributed by atoms with Gasteiger partial charge in [-0.05, 0) is 54.8 Å². The molecule has 0 bridgehead atoms. The van der Waals surface area contributed by atoms with E-state index in [-0.39, 0.29) is 17.5 Å². The van der Waals surface area contributed by atoms with E-state index in [1.807, 2.05) is 23.6 Å². The molecule has 0 spiro atoms. The number of thioether (sulfide) groups is 1. The van der Waals surface area contributed by atoms with Crippen LogP contribution >= 0.6 is 11.8 Å². The van der Waals surface area contributed by atoms with E-state index in [9.17, 15) is 9.18 Å². The molecule has 1 heterocycles. The zero-order valence-electron chi connectivity index (χ0n) is 17.3. The van der Waals surface area contributed by atoms with Crippen molar-refractivity contribution in [1.82, 2.24) is 14.8 Å². The van der Waals surface area contributed by atoms with E-state index >= 15 is 0 Å². The van der Waals surface area contributed by atoms with Gasteiger partial charge in [-0.15, -0.1) is 10.2 Å². The predicted molar refractivity (Wildman–Crippen MR) is 116 cm³/mol. The van der Waals surface area contributed by atoms with Crippen molar-refractivity contribution in [3.05, 3.63) is 65.7 Å². The molecule has 3 rings (SSSR count). The van der Waals surface area contributed by atoms with Crippen molar-refractivity contribution in [3.8, 4) is 5.75 Å². The highest BCUT2D eigenvalue weighted by atomic mass is 32.2. The van der Waals surface area contributed by atoms with Gasteiger partial charge in [0.1, 0.15) is 18.2 Å². The topological polar surface area (TPSA) is 69.0 Å². The number of hydrogen-bond acceptors (Lipinski definition) is 5. The quantitative estimate of drug-likeness (QED) is 0.493. The Hall–Kier alpha value is -2.87. The molecule has 158 valence electrons. The zero-order valence-corrected chi connectivity index (χ0v) is 18.1. The van der Waals surface area contributed by atoms with Gasteiger partial charge in [-0.25, -0.2) is 4.39 Å². The van der Waals surface area contributed by atoms with E-state index in [0.29, 0.717) is 35.7 Å². The van der Waals surface area contributed by atoms with Gasteiger partial charge in [0.25, 0.3) is 0 Å². The maximum Gasteiger partial charge on any atom is 0.234 e. The first kappa shape index (κ1) is 21.8. The van der Waals surface area contributed by atoms with Crippen LogP contribution in [0.5, 0.6) is 5.75 Å². The number of benzene rings is 2. The summed E-state index contributed by atoms with van der Waals surface area (Å²) in [6.07, 6.45) is 0. The minimum atomic E-state index is -0.343. The van der Waals surface area contributed by atoms with E-state index in [1.165, 1.54) is 41.6 Å². The number of anilines is 1. The van der Waals surface area contributed by atoms with E-state index in [2.05, 4.69) is 41.5 Å². The number of carbonyl (C=O) groups is 1. The summed E-state index contributed by atoms with van der Waals surface area (Å²) >= 11 is 1.30. The summed E-state index contributed by atoms with van der Waals surface area (Å²) in [5.74, 6) is 1.59. The molecule has 0 aliphatic rings. The van der Waals surface area contributed by atoms with Crippen LogP contribution in [0.3, 0.4) is 0 Å². The van der Waals surface area contributed by atoms with Crippen LogP contribution in [0.15, 0.2) is 53.7 Å². The summed E-state index contributed by atoms with van der Waals surface area (Å²) in [7, 11) is 0. The van der Waals surface area contributed by atoms with Crippen molar-refractivity contribution in [2.24, 2.45) is 0 Å². The van der Waals surface area contributed by atoms with Crippen LogP contribution < -0.4 is 10.1 Å². The maximum absolute atomic E-state index is 13.0. The Balaban J connectivity index is 1.55. The van der Waals surface area contributed by atoms with Crippen molar-refractivity contribution in [2.75, 3.05) is 11.1 Å². The molecule has 8 heteroatoms. The van der Waals surface area contributed by atoms with Gasteiger partial charge in [-0.1, -0.05) is 37.7 Å². The van der Waals surface area contributed by atoms with Crippen LogP contribution in [0.4, 0.5) is 10.1 Å². The molecular formula is C22H25FN4O2S. The van der Waals surface area contributed by atoms with Gasteiger partial charge >= 0.3 is 0 Å². The highest BCUT2D eigenvalue weighted by molar-refractivity contribution is 7.99. The van der Waals surface area contributed by atoms with Crippen molar-refractivity contribution in [2.45, 2.75) is 45.0 Å².